The van der Waals surface area contributed by atoms with Crippen molar-refractivity contribution in [3.05, 3.63) is 35.9 Å². The number of ketones is 1. The molecule has 1 heteroatoms. The molecule has 0 radical (unpaired) electrons. The lowest BCUT2D eigenvalue weighted by Gasteiger charge is -2.25. The summed E-state index contributed by atoms with van der Waals surface area (Å²) in [6.45, 7) is 8.07. The number of benzene rings is 1. The number of hydrogen-bond donors (Lipinski definition) is 0. The number of rotatable bonds is 4. The van der Waals surface area contributed by atoms with Crippen LogP contribution in [0.25, 0.3) is 0 Å². The summed E-state index contributed by atoms with van der Waals surface area (Å²) in [6, 6.07) is 10.3. The van der Waals surface area contributed by atoms with Crippen LogP contribution in [0.4, 0.5) is 0 Å². The van der Waals surface area contributed by atoms with Gasteiger partial charge in [0.1, 0.15) is 5.78 Å². The Balaban J connectivity index is 2.91. The van der Waals surface area contributed by atoms with E-state index < -0.39 is 0 Å². The average molecular weight is 204 g/mol. The molecule has 1 aromatic carbocycles. The first-order chi connectivity index (χ1) is 7.04. The third-order valence-corrected chi connectivity index (χ3v) is 3.05. The van der Waals surface area contributed by atoms with E-state index >= 15 is 0 Å². The van der Waals surface area contributed by atoms with Crippen molar-refractivity contribution in [1.29, 1.82) is 0 Å². The van der Waals surface area contributed by atoms with Crippen LogP contribution in [0, 0.1) is 11.8 Å². The van der Waals surface area contributed by atoms with E-state index in [-0.39, 0.29) is 5.92 Å². The monoisotopic (exact) mass is 204 g/mol. The molecule has 0 aliphatic carbocycles. The predicted molar refractivity (Wildman–Crippen MR) is 63.9 cm³/mol. The van der Waals surface area contributed by atoms with Gasteiger partial charge in [-0.05, 0) is 24.3 Å². The molecule has 0 saturated carbocycles. The summed E-state index contributed by atoms with van der Waals surface area (Å²) >= 11 is 0. The van der Waals surface area contributed by atoms with Gasteiger partial charge in [-0.15, -0.1) is 0 Å². The van der Waals surface area contributed by atoms with Crippen LogP contribution in [-0.4, -0.2) is 5.78 Å². The quantitative estimate of drug-likeness (QED) is 0.731. The molecule has 0 spiro atoms. The summed E-state index contributed by atoms with van der Waals surface area (Å²) < 4.78 is 0. The van der Waals surface area contributed by atoms with Crippen molar-refractivity contribution < 1.29 is 4.79 Å². The van der Waals surface area contributed by atoms with Crippen molar-refractivity contribution in [2.24, 2.45) is 11.8 Å². The Labute approximate surface area is 92.5 Å². The second kappa shape index (κ2) is 5.11. The van der Waals surface area contributed by atoms with Crippen LogP contribution < -0.4 is 0 Å². The van der Waals surface area contributed by atoms with E-state index in [4.69, 9.17) is 0 Å². The van der Waals surface area contributed by atoms with E-state index in [1.807, 2.05) is 18.2 Å². The summed E-state index contributed by atoms with van der Waals surface area (Å²) in [5.74, 6) is 1.13. The van der Waals surface area contributed by atoms with Gasteiger partial charge in [-0.1, -0.05) is 51.1 Å². The van der Waals surface area contributed by atoms with Gasteiger partial charge < -0.3 is 0 Å². The first-order valence-electron chi connectivity index (χ1n) is 5.59. The predicted octanol–water partition coefficient (Wildman–Crippen LogP) is 3.65. The average Bonchev–Trinajstić information content (AvgIpc) is 2.18. The fraction of sp³-hybridized carbons (Fsp3) is 0.500. The van der Waals surface area contributed by atoms with Gasteiger partial charge in [0.05, 0.1) is 0 Å². The maximum absolute atomic E-state index is 11.6. The van der Waals surface area contributed by atoms with Crippen molar-refractivity contribution in [3.63, 3.8) is 0 Å². The largest absolute Gasteiger partial charge is 0.300 e. The number of carbonyl (C=O) groups is 1. The molecule has 2 atom stereocenters. The zero-order valence-corrected chi connectivity index (χ0v) is 10.0. The van der Waals surface area contributed by atoms with Gasteiger partial charge >= 0.3 is 0 Å². The zero-order valence-electron chi connectivity index (χ0n) is 10.0. The Morgan fingerprint density at radius 3 is 2.00 bits per heavy atom. The Morgan fingerprint density at radius 1 is 1.07 bits per heavy atom. The molecule has 0 aromatic heterocycles. The van der Waals surface area contributed by atoms with E-state index in [9.17, 15) is 4.79 Å². The highest BCUT2D eigenvalue weighted by atomic mass is 16.1. The van der Waals surface area contributed by atoms with Gasteiger partial charge in [-0.25, -0.2) is 0 Å². The van der Waals surface area contributed by atoms with Crippen molar-refractivity contribution in [2.45, 2.75) is 33.6 Å². The SMILES string of the molecule is CC(=O)C(C(C)C)C(C)c1ccccc1. The molecule has 0 saturated heterocycles. The van der Waals surface area contributed by atoms with Gasteiger partial charge in [0, 0.05) is 5.92 Å². The van der Waals surface area contributed by atoms with Crippen molar-refractivity contribution in [1.82, 2.24) is 0 Å². The minimum Gasteiger partial charge on any atom is -0.300 e. The van der Waals surface area contributed by atoms with Crippen molar-refractivity contribution in [3.8, 4) is 0 Å². The summed E-state index contributed by atoms with van der Waals surface area (Å²) in [6.07, 6.45) is 0. The Morgan fingerprint density at radius 2 is 1.60 bits per heavy atom. The molecule has 1 nitrogen and oxygen atoms in total. The minimum absolute atomic E-state index is 0.132. The van der Waals surface area contributed by atoms with Crippen LogP contribution in [0.2, 0.25) is 0 Å². The highest BCUT2D eigenvalue weighted by molar-refractivity contribution is 5.79. The van der Waals surface area contributed by atoms with E-state index in [2.05, 4.69) is 32.9 Å². The van der Waals surface area contributed by atoms with Gasteiger partial charge in [0.15, 0.2) is 0 Å². The maximum Gasteiger partial charge on any atom is 0.133 e. The third-order valence-electron chi connectivity index (χ3n) is 3.05. The van der Waals surface area contributed by atoms with E-state index in [1.165, 1.54) is 5.56 Å². The molecule has 1 aromatic rings. The van der Waals surface area contributed by atoms with Gasteiger partial charge in [-0.3, -0.25) is 4.79 Å². The lowest BCUT2D eigenvalue weighted by Crippen LogP contribution is -2.23. The van der Waals surface area contributed by atoms with Gasteiger partial charge in [-0.2, -0.15) is 0 Å². The second-order valence-electron chi connectivity index (χ2n) is 4.58. The molecule has 82 valence electrons. The van der Waals surface area contributed by atoms with Gasteiger partial charge in [0.2, 0.25) is 0 Å². The van der Waals surface area contributed by atoms with Crippen LogP contribution in [0.5, 0.6) is 0 Å². The van der Waals surface area contributed by atoms with Crippen LogP contribution in [-0.2, 0) is 4.79 Å². The maximum atomic E-state index is 11.6. The summed E-state index contributed by atoms with van der Waals surface area (Å²) in [7, 11) is 0. The normalized spacial score (nSPS) is 15.0. The smallest absolute Gasteiger partial charge is 0.133 e. The third kappa shape index (κ3) is 2.92. The second-order valence-corrected chi connectivity index (χ2v) is 4.58. The highest BCUT2D eigenvalue weighted by Crippen LogP contribution is 2.30. The summed E-state index contributed by atoms with van der Waals surface area (Å²) in [5.41, 5.74) is 1.26. The molecule has 0 fully saturated rings. The lowest BCUT2D eigenvalue weighted by molar-refractivity contribution is -0.122. The minimum atomic E-state index is 0.132. The molecule has 0 bridgehead atoms. The molecule has 0 amide bonds. The fourth-order valence-electron chi connectivity index (χ4n) is 2.36. The summed E-state index contributed by atoms with van der Waals surface area (Å²) in [4.78, 5) is 11.6. The molecule has 15 heavy (non-hydrogen) atoms. The molecule has 0 heterocycles. The van der Waals surface area contributed by atoms with Gasteiger partial charge in [0.25, 0.3) is 0 Å². The Hall–Kier alpha value is -1.11. The zero-order chi connectivity index (χ0) is 11.4. The topological polar surface area (TPSA) is 17.1 Å². The highest BCUT2D eigenvalue weighted by Gasteiger charge is 2.25. The first-order valence-corrected chi connectivity index (χ1v) is 5.59. The van der Waals surface area contributed by atoms with E-state index in [1.54, 1.807) is 6.92 Å². The molecule has 2 unspecified atom stereocenters. The fourth-order valence-corrected chi connectivity index (χ4v) is 2.36. The number of hydrogen-bond acceptors (Lipinski definition) is 1. The number of carbonyl (C=O) groups excluding carboxylic acids is 1. The van der Waals surface area contributed by atoms with Crippen LogP contribution in [0.15, 0.2) is 30.3 Å². The standard InChI is InChI=1S/C14H20O/c1-10(2)14(12(4)15)11(3)13-8-6-5-7-9-13/h5-11,14H,1-4H3. The first kappa shape index (κ1) is 12.0. The molecule has 0 N–H and O–H groups in total. The van der Waals surface area contributed by atoms with Crippen molar-refractivity contribution >= 4 is 5.78 Å². The summed E-state index contributed by atoms with van der Waals surface area (Å²) in [5, 5.41) is 0. The molecule has 0 aliphatic rings. The Bertz CT molecular complexity index is 313. The molecule has 0 aliphatic heterocycles. The number of Topliss-reactive ketones (excluding diaryl/α,β-unsaturated/α-hetero) is 1. The van der Waals surface area contributed by atoms with Crippen LogP contribution in [0.1, 0.15) is 39.2 Å². The molecular formula is C14H20O. The molecular weight excluding hydrogens is 184 g/mol. The molecule has 1 rings (SSSR count). The van der Waals surface area contributed by atoms with Crippen LogP contribution >= 0.6 is 0 Å². The van der Waals surface area contributed by atoms with E-state index in [0.29, 0.717) is 17.6 Å². The van der Waals surface area contributed by atoms with Crippen LogP contribution in [0.3, 0.4) is 0 Å². The lowest BCUT2D eigenvalue weighted by atomic mass is 9.78. The van der Waals surface area contributed by atoms with E-state index in [0.717, 1.165) is 0 Å². The van der Waals surface area contributed by atoms with Crippen molar-refractivity contribution in [2.75, 3.05) is 0 Å². The Kier molecular flexibility index (Phi) is 4.07.